The molecular formula is C25H26F2N4O3. The minimum Gasteiger partial charge on any atom is -0.488 e. The molecule has 0 spiro atoms. The Bertz CT molecular complexity index is 1220. The Balaban J connectivity index is 1.42. The van der Waals surface area contributed by atoms with Gasteiger partial charge in [0, 0.05) is 30.5 Å². The number of fused-ring (bicyclic) bond motifs is 1. The summed E-state index contributed by atoms with van der Waals surface area (Å²) < 4.78 is 35.3. The second-order valence-electron chi connectivity index (χ2n) is 9.29. The highest BCUT2D eigenvalue weighted by Crippen LogP contribution is 2.37. The quantitative estimate of drug-likeness (QED) is 0.478. The molecule has 2 aliphatic rings. The number of rotatable bonds is 7. The second kappa shape index (κ2) is 8.77. The Morgan fingerprint density at radius 1 is 1.18 bits per heavy atom. The monoisotopic (exact) mass is 468 g/mol. The van der Waals surface area contributed by atoms with Crippen molar-refractivity contribution in [1.82, 2.24) is 14.8 Å². The summed E-state index contributed by atoms with van der Waals surface area (Å²) in [6, 6.07) is 7.81. The first kappa shape index (κ1) is 22.4. The summed E-state index contributed by atoms with van der Waals surface area (Å²) in [5.41, 5.74) is 0.635. The number of nitrogens with zero attached hydrogens (tertiary/aromatic N) is 3. The third-order valence-electron chi connectivity index (χ3n) is 6.43. The number of pyridine rings is 1. The predicted octanol–water partition coefficient (Wildman–Crippen LogP) is 5.27. The molecule has 9 heteroatoms. The number of carbonyl (C=O) groups excluding carboxylic acids is 2. The van der Waals surface area contributed by atoms with Crippen LogP contribution in [0.15, 0.2) is 36.5 Å². The second-order valence-corrected chi connectivity index (χ2v) is 9.29. The van der Waals surface area contributed by atoms with Crippen molar-refractivity contribution in [2.75, 3.05) is 5.32 Å². The molecule has 2 fully saturated rings. The highest BCUT2D eigenvalue weighted by atomic mass is 19.3. The Hall–Kier alpha value is -3.36. The number of benzene rings is 1. The standard InChI is InChI=1S/C25H26F2N4O3/c1-25(26,27)23-4-2-3-19(28-23)24(33)29-21-11-16-13-31(17-7-5-15(14-32)6-8-17)30-20(16)12-22(21)34-18-9-10-18/h2-4,11-15,17-18H,5-10H2,1H3,(H,29,33)/t15-,17-. The Morgan fingerprint density at radius 3 is 2.62 bits per heavy atom. The maximum Gasteiger partial charge on any atom is 0.287 e. The Morgan fingerprint density at radius 2 is 1.94 bits per heavy atom. The molecular weight excluding hydrogens is 442 g/mol. The number of amides is 1. The van der Waals surface area contributed by atoms with Crippen molar-refractivity contribution < 1.29 is 23.1 Å². The first-order valence-electron chi connectivity index (χ1n) is 11.6. The van der Waals surface area contributed by atoms with Crippen molar-refractivity contribution in [2.24, 2.45) is 5.92 Å². The number of hydrogen-bond donors (Lipinski definition) is 1. The average molecular weight is 469 g/mol. The van der Waals surface area contributed by atoms with Crippen molar-refractivity contribution in [3.8, 4) is 5.75 Å². The molecule has 0 saturated heterocycles. The van der Waals surface area contributed by atoms with Gasteiger partial charge in [-0.1, -0.05) is 6.07 Å². The normalized spacial score (nSPS) is 20.8. The molecule has 2 saturated carbocycles. The molecule has 2 aromatic heterocycles. The molecule has 34 heavy (non-hydrogen) atoms. The molecule has 0 aliphatic heterocycles. The Kier molecular flexibility index (Phi) is 5.79. The van der Waals surface area contributed by atoms with Gasteiger partial charge < -0.3 is 14.8 Å². The topological polar surface area (TPSA) is 86.1 Å². The van der Waals surface area contributed by atoms with E-state index in [0.717, 1.165) is 62.6 Å². The fourth-order valence-electron chi connectivity index (χ4n) is 4.31. The van der Waals surface area contributed by atoms with Crippen LogP contribution in [0.4, 0.5) is 14.5 Å². The fraction of sp³-hybridized carbons (Fsp3) is 0.440. The average Bonchev–Trinajstić information content (AvgIpc) is 3.55. The predicted molar refractivity (Wildman–Crippen MR) is 122 cm³/mol. The third-order valence-corrected chi connectivity index (χ3v) is 6.43. The van der Waals surface area contributed by atoms with Gasteiger partial charge in [0.05, 0.1) is 23.3 Å². The number of aldehydes is 1. The molecule has 2 heterocycles. The van der Waals surface area contributed by atoms with E-state index < -0.39 is 17.5 Å². The van der Waals surface area contributed by atoms with Crippen LogP contribution in [-0.2, 0) is 10.7 Å². The van der Waals surface area contributed by atoms with Crippen LogP contribution in [0.25, 0.3) is 10.9 Å². The van der Waals surface area contributed by atoms with Gasteiger partial charge in [0.25, 0.3) is 11.8 Å². The number of hydrogen-bond acceptors (Lipinski definition) is 5. The largest absolute Gasteiger partial charge is 0.488 e. The minimum atomic E-state index is -3.14. The lowest BCUT2D eigenvalue weighted by molar-refractivity contribution is -0.112. The molecule has 0 unspecified atom stereocenters. The summed E-state index contributed by atoms with van der Waals surface area (Å²) in [7, 11) is 0. The van der Waals surface area contributed by atoms with Crippen LogP contribution in [-0.4, -0.2) is 33.1 Å². The molecule has 1 N–H and O–H groups in total. The Labute approximate surface area is 195 Å². The number of halogens is 2. The van der Waals surface area contributed by atoms with Crippen molar-refractivity contribution in [3.63, 3.8) is 0 Å². The van der Waals surface area contributed by atoms with Gasteiger partial charge in [-0.2, -0.15) is 13.9 Å². The molecule has 5 rings (SSSR count). The van der Waals surface area contributed by atoms with E-state index in [1.807, 2.05) is 10.9 Å². The van der Waals surface area contributed by atoms with E-state index in [1.165, 1.54) is 18.2 Å². The van der Waals surface area contributed by atoms with E-state index in [4.69, 9.17) is 9.84 Å². The molecule has 3 aromatic rings. The number of nitrogens with one attached hydrogen (secondary N) is 1. The van der Waals surface area contributed by atoms with Crippen LogP contribution < -0.4 is 10.1 Å². The highest BCUT2D eigenvalue weighted by Gasteiger charge is 2.29. The minimum absolute atomic E-state index is 0.0917. The van der Waals surface area contributed by atoms with Gasteiger partial charge >= 0.3 is 0 Å². The fourth-order valence-corrected chi connectivity index (χ4v) is 4.31. The summed E-state index contributed by atoms with van der Waals surface area (Å²) in [6.07, 6.45) is 8.42. The highest BCUT2D eigenvalue weighted by molar-refractivity contribution is 6.05. The number of carbonyl (C=O) groups is 2. The van der Waals surface area contributed by atoms with Gasteiger partial charge in [-0.25, -0.2) is 4.98 Å². The van der Waals surface area contributed by atoms with Gasteiger partial charge in [0.2, 0.25) is 0 Å². The van der Waals surface area contributed by atoms with Crippen LogP contribution in [0.3, 0.4) is 0 Å². The zero-order chi connectivity index (χ0) is 23.9. The zero-order valence-corrected chi connectivity index (χ0v) is 18.8. The van der Waals surface area contributed by atoms with Crippen molar-refractivity contribution in [3.05, 3.63) is 47.9 Å². The zero-order valence-electron chi connectivity index (χ0n) is 18.8. The lowest BCUT2D eigenvalue weighted by atomic mass is 9.87. The van der Waals surface area contributed by atoms with Crippen molar-refractivity contribution >= 4 is 28.8 Å². The molecule has 1 aromatic carbocycles. The summed E-state index contributed by atoms with van der Waals surface area (Å²) >= 11 is 0. The summed E-state index contributed by atoms with van der Waals surface area (Å²) in [6.45, 7) is 0.746. The van der Waals surface area contributed by atoms with Crippen LogP contribution in [0.2, 0.25) is 0 Å². The van der Waals surface area contributed by atoms with E-state index in [-0.39, 0.29) is 23.8 Å². The smallest absolute Gasteiger partial charge is 0.287 e. The first-order valence-corrected chi connectivity index (χ1v) is 11.6. The molecule has 0 bridgehead atoms. The van der Waals surface area contributed by atoms with Gasteiger partial charge in [-0.05, 0) is 56.7 Å². The number of anilines is 1. The number of alkyl halides is 2. The van der Waals surface area contributed by atoms with Crippen LogP contribution in [0.5, 0.6) is 5.75 Å². The van der Waals surface area contributed by atoms with Crippen molar-refractivity contribution in [1.29, 1.82) is 0 Å². The summed E-state index contributed by atoms with van der Waals surface area (Å²) in [5, 5.41) is 8.35. The molecule has 2 aliphatic carbocycles. The summed E-state index contributed by atoms with van der Waals surface area (Å²) in [4.78, 5) is 27.8. The molecule has 0 radical (unpaired) electrons. The maximum atomic E-state index is 13.7. The van der Waals surface area contributed by atoms with E-state index >= 15 is 0 Å². The van der Waals surface area contributed by atoms with E-state index in [0.29, 0.717) is 11.4 Å². The molecule has 1 amide bonds. The van der Waals surface area contributed by atoms with Crippen LogP contribution in [0, 0.1) is 5.92 Å². The lowest BCUT2D eigenvalue weighted by Gasteiger charge is -2.25. The lowest BCUT2D eigenvalue weighted by Crippen LogP contribution is -2.19. The first-order chi connectivity index (χ1) is 16.3. The van der Waals surface area contributed by atoms with Gasteiger partial charge in [0.15, 0.2) is 0 Å². The van der Waals surface area contributed by atoms with E-state index in [1.54, 1.807) is 12.1 Å². The van der Waals surface area contributed by atoms with Crippen LogP contribution in [0.1, 0.15) is 67.7 Å². The van der Waals surface area contributed by atoms with Crippen molar-refractivity contribution in [2.45, 2.75) is 63.5 Å². The van der Waals surface area contributed by atoms with Gasteiger partial charge in [-0.15, -0.1) is 0 Å². The third kappa shape index (κ3) is 4.78. The van der Waals surface area contributed by atoms with Gasteiger partial charge in [0.1, 0.15) is 23.4 Å². The maximum absolute atomic E-state index is 13.7. The molecule has 0 atom stereocenters. The number of ether oxygens (including phenoxy) is 1. The van der Waals surface area contributed by atoms with E-state index in [2.05, 4.69) is 10.3 Å². The SMILES string of the molecule is CC(F)(F)c1cccc(C(=O)Nc2cc3cn([C@H]4CC[C@H](C=O)CC4)nc3cc2OC2CC2)n1. The van der Waals surface area contributed by atoms with Gasteiger partial charge in [-0.3, -0.25) is 9.48 Å². The summed E-state index contributed by atoms with van der Waals surface area (Å²) in [5.74, 6) is -3.11. The molecule has 178 valence electrons. The number of aromatic nitrogens is 3. The van der Waals surface area contributed by atoms with Crippen LogP contribution >= 0.6 is 0 Å². The molecule has 7 nitrogen and oxygen atoms in total. The van der Waals surface area contributed by atoms with E-state index in [9.17, 15) is 18.4 Å².